The Labute approximate surface area is 117 Å². The summed E-state index contributed by atoms with van der Waals surface area (Å²) < 4.78 is 0. The number of aliphatic hydroxyl groups excluding tert-OH is 1. The van der Waals surface area contributed by atoms with Crippen LogP contribution in [0.25, 0.3) is 0 Å². The summed E-state index contributed by atoms with van der Waals surface area (Å²) in [5, 5.41) is 12.8. The van der Waals surface area contributed by atoms with Crippen LogP contribution in [0, 0.1) is 5.92 Å². The molecule has 0 bridgehead atoms. The van der Waals surface area contributed by atoms with Crippen molar-refractivity contribution in [3.8, 4) is 0 Å². The van der Waals surface area contributed by atoms with Crippen LogP contribution in [0.2, 0.25) is 0 Å². The summed E-state index contributed by atoms with van der Waals surface area (Å²) >= 11 is 0. The number of aliphatic hydroxyl groups is 1. The second-order valence-corrected chi connectivity index (χ2v) is 5.97. The molecule has 1 aromatic rings. The molecule has 0 aliphatic heterocycles. The monoisotopic (exact) mass is 261 g/mol. The molecule has 1 atom stereocenters. The first-order valence-corrected chi connectivity index (χ1v) is 7.69. The normalized spacial score (nSPS) is 23.9. The largest absolute Gasteiger partial charge is 0.393 e. The van der Waals surface area contributed by atoms with E-state index in [1.165, 1.54) is 30.4 Å². The Bertz CT molecular complexity index is 367. The summed E-state index contributed by atoms with van der Waals surface area (Å²) in [6.07, 6.45) is 5.62. The van der Waals surface area contributed by atoms with Gasteiger partial charge in [-0.1, -0.05) is 37.6 Å². The minimum absolute atomic E-state index is 0.0417. The molecule has 1 aliphatic carbocycles. The van der Waals surface area contributed by atoms with Gasteiger partial charge in [0, 0.05) is 6.04 Å². The molecular weight excluding hydrogens is 234 g/mol. The van der Waals surface area contributed by atoms with Crippen molar-refractivity contribution in [2.45, 2.75) is 58.1 Å². The van der Waals surface area contributed by atoms with Crippen LogP contribution in [0.15, 0.2) is 24.3 Å². The van der Waals surface area contributed by atoms with Crippen molar-refractivity contribution in [2.24, 2.45) is 5.92 Å². The molecule has 0 saturated heterocycles. The maximum Gasteiger partial charge on any atom is 0.0546 e. The lowest BCUT2D eigenvalue weighted by molar-refractivity contribution is 0.0420. The molecule has 106 valence electrons. The van der Waals surface area contributed by atoms with Crippen molar-refractivity contribution in [3.05, 3.63) is 35.4 Å². The number of unbranched alkanes of at least 4 members (excludes halogenated alkanes) is 1. The average Bonchev–Trinajstić information content (AvgIpc) is 2.40. The maximum atomic E-state index is 9.27. The molecule has 1 aromatic carbocycles. The Hall–Kier alpha value is -0.860. The molecule has 1 aliphatic rings. The van der Waals surface area contributed by atoms with Gasteiger partial charge in [0.05, 0.1) is 6.10 Å². The van der Waals surface area contributed by atoms with E-state index >= 15 is 0 Å². The molecule has 2 N–H and O–H groups in total. The molecule has 2 nitrogen and oxygen atoms in total. The Morgan fingerprint density at radius 2 is 1.95 bits per heavy atom. The molecule has 0 spiro atoms. The number of benzene rings is 1. The van der Waals surface area contributed by atoms with Crippen LogP contribution >= 0.6 is 0 Å². The Kier molecular flexibility index (Phi) is 5.41. The van der Waals surface area contributed by atoms with Crippen molar-refractivity contribution >= 4 is 0 Å². The van der Waals surface area contributed by atoms with E-state index in [0.717, 1.165) is 19.4 Å². The summed E-state index contributed by atoms with van der Waals surface area (Å²) in [5.41, 5.74) is 2.81. The predicted molar refractivity (Wildman–Crippen MR) is 80.2 cm³/mol. The van der Waals surface area contributed by atoms with Gasteiger partial charge in [0.25, 0.3) is 0 Å². The van der Waals surface area contributed by atoms with Gasteiger partial charge in [0.1, 0.15) is 0 Å². The Morgan fingerprint density at radius 1 is 1.26 bits per heavy atom. The fourth-order valence-corrected chi connectivity index (χ4v) is 2.68. The number of aryl methyl sites for hydroxylation is 1. The second-order valence-electron chi connectivity index (χ2n) is 5.97. The van der Waals surface area contributed by atoms with Crippen LogP contribution in [-0.4, -0.2) is 17.8 Å². The predicted octanol–water partition coefficient (Wildman–Crippen LogP) is 3.45. The quantitative estimate of drug-likeness (QED) is 0.788. The Morgan fingerprint density at radius 3 is 2.53 bits per heavy atom. The van der Waals surface area contributed by atoms with Gasteiger partial charge >= 0.3 is 0 Å². The van der Waals surface area contributed by atoms with Gasteiger partial charge in [-0.3, -0.25) is 0 Å². The fraction of sp³-hybridized carbons (Fsp3) is 0.647. The summed E-state index contributed by atoms with van der Waals surface area (Å²) in [6, 6.07) is 9.42. The van der Waals surface area contributed by atoms with Gasteiger partial charge in [-0.05, 0) is 56.2 Å². The van der Waals surface area contributed by atoms with Crippen molar-refractivity contribution in [1.29, 1.82) is 0 Å². The average molecular weight is 261 g/mol. The molecule has 1 unspecified atom stereocenters. The van der Waals surface area contributed by atoms with E-state index in [1.807, 2.05) is 0 Å². The van der Waals surface area contributed by atoms with Crippen LogP contribution < -0.4 is 5.32 Å². The minimum atomic E-state index is -0.0417. The molecule has 19 heavy (non-hydrogen) atoms. The molecule has 1 fully saturated rings. The zero-order valence-corrected chi connectivity index (χ0v) is 12.2. The Balaban J connectivity index is 1.76. The third kappa shape index (κ3) is 4.32. The maximum absolute atomic E-state index is 9.27. The SMILES string of the molecule is CCCCc1ccc(C(C)NCC2CC(O)C2)cc1. The van der Waals surface area contributed by atoms with Gasteiger partial charge in [0.2, 0.25) is 0 Å². The van der Waals surface area contributed by atoms with E-state index in [0.29, 0.717) is 12.0 Å². The van der Waals surface area contributed by atoms with E-state index in [9.17, 15) is 5.11 Å². The zero-order chi connectivity index (χ0) is 13.7. The highest BCUT2D eigenvalue weighted by atomic mass is 16.3. The van der Waals surface area contributed by atoms with E-state index in [1.54, 1.807) is 0 Å². The van der Waals surface area contributed by atoms with Gasteiger partial charge < -0.3 is 10.4 Å². The van der Waals surface area contributed by atoms with Gasteiger partial charge in [-0.15, -0.1) is 0 Å². The first kappa shape index (κ1) is 14.5. The van der Waals surface area contributed by atoms with Crippen molar-refractivity contribution < 1.29 is 5.11 Å². The highest BCUT2D eigenvalue weighted by molar-refractivity contribution is 5.24. The van der Waals surface area contributed by atoms with Crippen molar-refractivity contribution in [1.82, 2.24) is 5.32 Å². The van der Waals surface area contributed by atoms with Crippen molar-refractivity contribution in [2.75, 3.05) is 6.54 Å². The molecular formula is C17H27NO. The molecule has 0 aromatic heterocycles. The van der Waals surface area contributed by atoms with Crippen LogP contribution in [-0.2, 0) is 6.42 Å². The summed E-state index contributed by atoms with van der Waals surface area (Å²) in [6.45, 7) is 5.48. The first-order chi connectivity index (χ1) is 9.19. The van der Waals surface area contributed by atoms with Gasteiger partial charge in [-0.25, -0.2) is 0 Å². The number of rotatable bonds is 7. The van der Waals surface area contributed by atoms with E-state index in [-0.39, 0.29) is 6.10 Å². The summed E-state index contributed by atoms with van der Waals surface area (Å²) in [4.78, 5) is 0. The standard InChI is InChI=1S/C17H27NO/c1-3-4-5-14-6-8-16(9-7-14)13(2)18-12-15-10-17(19)11-15/h6-9,13,15,17-19H,3-5,10-12H2,1-2H3. The third-order valence-corrected chi connectivity index (χ3v) is 4.22. The first-order valence-electron chi connectivity index (χ1n) is 7.69. The lowest BCUT2D eigenvalue weighted by Crippen LogP contribution is -2.36. The van der Waals surface area contributed by atoms with Crippen LogP contribution in [0.4, 0.5) is 0 Å². The molecule has 0 radical (unpaired) electrons. The zero-order valence-electron chi connectivity index (χ0n) is 12.2. The minimum Gasteiger partial charge on any atom is -0.393 e. The third-order valence-electron chi connectivity index (χ3n) is 4.22. The van der Waals surface area contributed by atoms with Crippen molar-refractivity contribution in [3.63, 3.8) is 0 Å². The lowest BCUT2D eigenvalue weighted by atomic mass is 9.82. The van der Waals surface area contributed by atoms with Crippen LogP contribution in [0.5, 0.6) is 0 Å². The number of nitrogens with one attached hydrogen (secondary N) is 1. The summed E-state index contributed by atoms with van der Waals surface area (Å²) in [7, 11) is 0. The van der Waals surface area contributed by atoms with E-state index in [4.69, 9.17) is 0 Å². The number of hydrogen-bond acceptors (Lipinski definition) is 2. The smallest absolute Gasteiger partial charge is 0.0546 e. The summed E-state index contributed by atoms with van der Waals surface area (Å²) in [5.74, 6) is 0.668. The highest BCUT2D eigenvalue weighted by Gasteiger charge is 2.26. The molecule has 1 saturated carbocycles. The fourth-order valence-electron chi connectivity index (χ4n) is 2.68. The van der Waals surface area contributed by atoms with Gasteiger partial charge in [-0.2, -0.15) is 0 Å². The molecule has 0 amide bonds. The van der Waals surface area contributed by atoms with E-state index in [2.05, 4.69) is 43.4 Å². The van der Waals surface area contributed by atoms with Crippen LogP contribution in [0.3, 0.4) is 0 Å². The van der Waals surface area contributed by atoms with E-state index < -0.39 is 0 Å². The number of hydrogen-bond donors (Lipinski definition) is 2. The second kappa shape index (κ2) is 7.06. The highest BCUT2D eigenvalue weighted by Crippen LogP contribution is 2.27. The molecule has 2 heteroatoms. The van der Waals surface area contributed by atoms with Gasteiger partial charge in [0.15, 0.2) is 0 Å². The lowest BCUT2D eigenvalue weighted by Gasteiger charge is -2.32. The topological polar surface area (TPSA) is 32.3 Å². The molecule has 0 heterocycles. The molecule has 2 rings (SSSR count). The van der Waals surface area contributed by atoms with Crippen LogP contribution in [0.1, 0.15) is 56.7 Å².